The fourth-order valence-electron chi connectivity index (χ4n) is 4.34. The van der Waals surface area contributed by atoms with Gasteiger partial charge in [-0.3, -0.25) is 4.79 Å². The standard InChI is InChI=1S/C22H19Cl2NO3/c1-20(2)21(3,19(26)27-14-25)22(20,13-18(23)24)15-8-7-11-17(12-15)28-16-9-5-4-6-10-16/h4-13H,1-3H3. The molecule has 0 radical (unpaired) electrons. The van der Waals surface area contributed by atoms with Crippen LogP contribution in [0, 0.1) is 22.3 Å². The summed E-state index contributed by atoms with van der Waals surface area (Å²) in [5.74, 6) is 0.683. The van der Waals surface area contributed by atoms with Crippen LogP contribution in [0.15, 0.2) is 65.2 Å². The molecular formula is C22H19Cl2NO3. The second-order valence-corrected chi connectivity index (χ2v) is 8.42. The zero-order valence-corrected chi connectivity index (χ0v) is 17.2. The van der Waals surface area contributed by atoms with Gasteiger partial charge in [-0.15, -0.1) is 5.26 Å². The molecule has 2 aromatic rings. The topological polar surface area (TPSA) is 59.3 Å². The highest BCUT2D eigenvalue weighted by Gasteiger charge is 2.84. The van der Waals surface area contributed by atoms with Crippen molar-refractivity contribution in [3.05, 3.63) is 70.7 Å². The van der Waals surface area contributed by atoms with Gasteiger partial charge < -0.3 is 9.47 Å². The minimum atomic E-state index is -1.03. The molecule has 144 valence electrons. The third-order valence-electron chi connectivity index (χ3n) is 6.10. The zero-order chi connectivity index (χ0) is 20.6. The summed E-state index contributed by atoms with van der Waals surface area (Å²) in [6, 6.07) is 16.8. The highest BCUT2D eigenvalue weighted by molar-refractivity contribution is 6.56. The van der Waals surface area contributed by atoms with E-state index in [1.807, 2.05) is 68.4 Å². The molecule has 0 heterocycles. The molecule has 1 fully saturated rings. The molecule has 2 unspecified atom stereocenters. The Morgan fingerprint density at radius 1 is 1.04 bits per heavy atom. The van der Waals surface area contributed by atoms with Crippen LogP contribution in [0.4, 0.5) is 0 Å². The second kappa shape index (κ2) is 7.16. The van der Waals surface area contributed by atoms with Crippen molar-refractivity contribution >= 4 is 29.2 Å². The lowest BCUT2D eigenvalue weighted by atomic mass is 9.85. The first-order valence-electron chi connectivity index (χ1n) is 8.68. The van der Waals surface area contributed by atoms with E-state index in [1.54, 1.807) is 13.0 Å². The second-order valence-electron chi connectivity index (χ2n) is 7.42. The number of carbonyl (C=O) groups is 1. The Kier molecular flexibility index (Phi) is 5.18. The van der Waals surface area contributed by atoms with E-state index in [0.717, 1.165) is 5.56 Å². The molecule has 3 rings (SSSR count). The zero-order valence-electron chi connectivity index (χ0n) is 15.7. The van der Waals surface area contributed by atoms with Gasteiger partial charge in [0.25, 0.3) is 6.26 Å². The predicted octanol–water partition coefficient (Wildman–Crippen LogP) is 6.11. The highest BCUT2D eigenvalue weighted by Crippen LogP contribution is 2.79. The van der Waals surface area contributed by atoms with Gasteiger partial charge in [0.05, 0.1) is 5.41 Å². The summed E-state index contributed by atoms with van der Waals surface area (Å²) in [7, 11) is 0. The first-order valence-corrected chi connectivity index (χ1v) is 9.44. The molecule has 0 amide bonds. The Morgan fingerprint density at radius 2 is 1.68 bits per heavy atom. The minimum Gasteiger partial charge on any atom is -0.457 e. The van der Waals surface area contributed by atoms with Gasteiger partial charge in [0.1, 0.15) is 16.0 Å². The van der Waals surface area contributed by atoms with Gasteiger partial charge in [-0.1, -0.05) is 67.4 Å². The molecule has 0 N–H and O–H groups in total. The van der Waals surface area contributed by atoms with E-state index in [1.165, 1.54) is 6.26 Å². The fourth-order valence-corrected chi connectivity index (χ4v) is 4.67. The number of rotatable bonds is 5. The predicted molar refractivity (Wildman–Crippen MR) is 108 cm³/mol. The van der Waals surface area contributed by atoms with Crippen LogP contribution < -0.4 is 4.74 Å². The Morgan fingerprint density at radius 3 is 2.29 bits per heavy atom. The molecule has 1 aliphatic carbocycles. The van der Waals surface area contributed by atoms with Gasteiger partial charge in [-0.2, -0.15) is 0 Å². The summed E-state index contributed by atoms with van der Waals surface area (Å²) in [6.07, 6.45) is 3.13. The first-order chi connectivity index (χ1) is 13.2. The number of halogens is 2. The van der Waals surface area contributed by atoms with Crippen molar-refractivity contribution in [2.24, 2.45) is 10.8 Å². The largest absolute Gasteiger partial charge is 0.457 e. The summed E-state index contributed by atoms with van der Waals surface area (Å²) in [5.41, 5.74) is -1.70. The Hall–Kier alpha value is -2.48. The number of hydrogen-bond donors (Lipinski definition) is 0. The average Bonchev–Trinajstić information content (AvgIpc) is 3.04. The third kappa shape index (κ3) is 2.87. The number of nitriles is 1. The number of benzene rings is 2. The number of ether oxygens (including phenoxy) is 2. The Bertz CT molecular complexity index is 977. The van der Waals surface area contributed by atoms with E-state index in [-0.39, 0.29) is 4.49 Å². The van der Waals surface area contributed by atoms with Crippen molar-refractivity contribution in [2.75, 3.05) is 0 Å². The molecule has 4 nitrogen and oxygen atoms in total. The molecular weight excluding hydrogens is 397 g/mol. The van der Waals surface area contributed by atoms with Crippen molar-refractivity contribution in [3.63, 3.8) is 0 Å². The molecule has 2 atom stereocenters. The van der Waals surface area contributed by atoms with Gasteiger partial charge >= 0.3 is 5.97 Å². The highest BCUT2D eigenvalue weighted by atomic mass is 35.5. The van der Waals surface area contributed by atoms with Crippen LogP contribution in [-0.2, 0) is 14.9 Å². The van der Waals surface area contributed by atoms with Gasteiger partial charge in [0.15, 0.2) is 0 Å². The van der Waals surface area contributed by atoms with E-state index in [4.69, 9.17) is 37.9 Å². The maximum atomic E-state index is 12.7. The van der Waals surface area contributed by atoms with Crippen LogP contribution in [0.1, 0.15) is 26.3 Å². The maximum Gasteiger partial charge on any atom is 0.329 e. The van der Waals surface area contributed by atoms with Gasteiger partial charge in [0, 0.05) is 5.41 Å². The van der Waals surface area contributed by atoms with Gasteiger partial charge in [-0.25, -0.2) is 0 Å². The third-order valence-corrected chi connectivity index (χ3v) is 6.32. The van der Waals surface area contributed by atoms with Crippen molar-refractivity contribution in [3.8, 4) is 17.8 Å². The van der Waals surface area contributed by atoms with Crippen LogP contribution in [-0.4, -0.2) is 5.97 Å². The van der Waals surface area contributed by atoms with Gasteiger partial charge in [0.2, 0.25) is 0 Å². The summed E-state index contributed by atoms with van der Waals surface area (Å²) in [6.45, 7) is 5.60. The molecule has 6 heteroatoms. The molecule has 1 aliphatic rings. The lowest BCUT2D eigenvalue weighted by molar-refractivity contribution is -0.144. The number of para-hydroxylation sites is 1. The number of esters is 1. The summed E-state index contributed by atoms with van der Waals surface area (Å²) >= 11 is 12.1. The van der Waals surface area contributed by atoms with E-state index in [9.17, 15) is 4.79 Å². The van der Waals surface area contributed by atoms with Crippen molar-refractivity contribution in [2.45, 2.75) is 26.2 Å². The number of nitrogens with zero attached hydrogens (tertiary/aromatic N) is 1. The molecule has 0 bridgehead atoms. The van der Waals surface area contributed by atoms with E-state index >= 15 is 0 Å². The Labute approximate surface area is 174 Å². The van der Waals surface area contributed by atoms with Gasteiger partial charge in [-0.05, 0) is 48.2 Å². The molecule has 28 heavy (non-hydrogen) atoms. The maximum absolute atomic E-state index is 12.7. The number of hydrogen-bond acceptors (Lipinski definition) is 4. The van der Waals surface area contributed by atoms with Crippen LogP contribution >= 0.6 is 23.2 Å². The lowest BCUT2D eigenvalue weighted by Gasteiger charge is -2.19. The van der Waals surface area contributed by atoms with Crippen LogP contribution in [0.5, 0.6) is 11.5 Å². The summed E-state index contributed by atoms with van der Waals surface area (Å²) in [5, 5.41) is 8.85. The van der Waals surface area contributed by atoms with Crippen LogP contribution in [0.25, 0.3) is 0 Å². The molecule has 0 aliphatic heterocycles. The minimum absolute atomic E-state index is 0.0379. The normalized spacial score (nSPS) is 24.6. The fraction of sp³-hybridized carbons (Fsp3) is 0.273. The quantitative estimate of drug-likeness (QED) is 0.436. The number of carbonyl (C=O) groups excluding carboxylic acids is 1. The molecule has 0 aromatic heterocycles. The van der Waals surface area contributed by atoms with Crippen molar-refractivity contribution in [1.29, 1.82) is 5.26 Å². The monoisotopic (exact) mass is 415 g/mol. The summed E-state index contributed by atoms with van der Waals surface area (Å²) in [4.78, 5) is 12.7. The van der Waals surface area contributed by atoms with E-state index in [2.05, 4.69) is 0 Å². The molecule has 0 spiro atoms. The number of allylic oxidation sites excluding steroid dienone is 1. The lowest BCUT2D eigenvalue weighted by Crippen LogP contribution is -2.24. The van der Waals surface area contributed by atoms with Crippen LogP contribution in [0.2, 0.25) is 0 Å². The smallest absolute Gasteiger partial charge is 0.329 e. The van der Waals surface area contributed by atoms with Crippen LogP contribution in [0.3, 0.4) is 0 Å². The van der Waals surface area contributed by atoms with Crippen molar-refractivity contribution in [1.82, 2.24) is 0 Å². The summed E-state index contributed by atoms with van der Waals surface area (Å²) < 4.78 is 10.7. The molecule has 2 aromatic carbocycles. The SMILES string of the molecule is CC1(C)C(C)(C(=O)OC#N)C1(C=C(Cl)Cl)c1cccc(Oc2ccccc2)c1. The first kappa shape index (κ1) is 20.3. The van der Waals surface area contributed by atoms with E-state index in [0.29, 0.717) is 11.5 Å². The Balaban J connectivity index is 2.10. The molecule has 1 saturated carbocycles. The average molecular weight is 416 g/mol. The van der Waals surface area contributed by atoms with Crippen molar-refractivity contribution < 1.29 is 14.3 Å². The molecule has 0 saturated heterocycles. The van der Waals surface area contributed by atoms with E-state index < -0.39 is 22.2 Å².